The second-order valence-corrected chi connectivity index (χ2v) is 10.1. The summed E-state index contributed by atoms with van der Waals surface area (Å²) in [6, 6.07) is 52.4. The van der Waals surface area contributed by atoms with Crippen molar-refractivity contribution >= 4 is 28.5 Å². The van der Waals surface area contributed by atoms with Crippen LogP contribution in [0.25, 0.3) is 22.4 Å². The van der Waals surface area contributed by atoms with E-state index in [-0.39, 0.29) is 0 Å². The Kier molecular flexibility index (Phi) is 6.89. The summed E-state index contributed by atoms with van der Waals surface area (Å²) >= 11 is 0. The molecular formula is C37H28N5+. The number of para-hydroxylation sites is 1. The van der Waals surface area contributed by atoms with Gasteiger partial charge in [0.25, 0.3) is 0 Å². The van der Waals surface area contributed by atoms with Gasteiger partial charge in [-0.15, -0.1) is 4.70 Å². The largest absolute Gasteiger partial charge is 0.310 e. The molecule has 1 aliphatic heterocycles. The molecule has 0 N–H and O–H groups in total. The lowest BCUT2D eigenvalue weighted by Crippen LogP contribution is -2.13. The minimum absolute atomic E-state index is 0.604. The summed E-state index contributed by atoms with van der Waals surface area (Å²) in [6.07, 6.45) is 1.81. The van der Waals surface area contributed by atoms with E-state index in [9.17, 15) is 0 Å². The molecule has 0 saturated carbocycles. The molecule has 7 rings (SSSR count). The first-order valence-electron chi connectivity index (χ1n) is 14.0. The van der Waals surface area contributed by atoms with Crippen molar-refractivity contribution in [1.29, 1.82) is 0 Å². The van der Waals surface area contributed by atoms with E-state index in [2.05, 4.69) is 135 Å². The maximum atomic E-state index is 4.54. The van der Waals surface area contributed by atoms with Gasteiger partial charge < -0.3 is 4.90 Å². The van der Waals surface area contributed by atoms with E-state index in [0.717, 1.165) is 45.3 Å². The third-order valence-corrected chi connectivity index (χ3v) is 7.36. The fourth-order valence-electron chi connectivity index (χ4n) is 5.25. The number of benzene rings is 5. The fourth-order valence-corrected chi connectivity index (χ4v) is 5.25. The molecule has 0 bridgehead atoms. The second kappa shape index (κ2) is 11.4. The molecule has 6 aromatic rings. The summed E-state index contributed by atoms with van der Waals surface area (Å²) in [6.45, 7) is 0.604. The zero-order chi connectivity index (χ0) is 28.1. The first kappa shape index (κ1) is 25.3. The van der Waals surface area contributed by atoms with Gasteiger partial charge in [0.1, 0.15) is 5.22 Å². The van der Waals surface area contributed by atoms with Crippen LogP contribution in [-0.4, -0.2) is 21.9 Å². The SMILES string of the molecule is c1ccc(-c2cccc(N(c3ccccc3)c3ccc(C4=NN=[N+](c5cccc(-c6ccccn6)c5)C4)cc3)c2)cc1. The van der Waals surface area contributed by atoms with Gasteiger partial charge >= 0.3 is 0 Å². The van der Waals surface area contributed by atoms with Crippen LogP contribution in [0.4, 0.5) is 22.7 Å². The van der Waals surface area contributed by atoms with Gasteiger partial charge in [-0.25, -0.2) is 0 Å². The highest BCUT2D eigenvalue weighted by Crippen LogP contribution is 2.36. The standard InChI is InChI=1S/C37H28N5/c1-3-11-28(12-4-1)30-13-9-18-35(25-30)42(32-15-5-2-6-16-32)33-22-20-29(21-23-33)37-27-41(40-39-37)34-17-10-14-31(26-34)36-19-7-8-24-38-36/h1-26H,27H2/q+1. The normalized spacial score (nSPS) is 12.5. The Morgan fingerprint density at radius 1 is 0.500 bits per heavy atom. The van der Waals surface area contributed by atoms with Crippen molar-refractivity contribution in [2.24, 2.45) is 10.3 Å². The summed E-state index contributed by atoms with van der Waals surface area (Å²) in [4.78, 5) is 6.77. The van der Waals surface area contributed by atoms with Gasteiger partial charge in [0, 0.05) is 34.4 Å². The summed E-state index contributed by atoms with van der Waals surface area (Å²) < 4.78 is 1.93. The minimum Gasteiger partial charge on any atom is -0.310 e. The molecule has 0 fully saturated rings. The molecule has 5 heteroatoms. The minimum atomic E-state index is 0.604. The van der Waals surface area contributed by atoms with Crippen LogP contribution in [0.1, 0.15) is 5.56 Å². The van der Waals surface area contributed by atoms with Crippen molar-refractivity contribution in [3.05, 3.63) is 163 Å². The molecule has 0 spiro atoms. The van der Waals surface area contributed by atoms with Crippen molar-refractivity contribution in [3.63, 3.8) is 0 Å². The van der Waals surface area contributed by atoms with E-state index in [4.69, 9.17) is 0 Å². The first-order valence-corrected chi connectivity index (χ1v) is 14.0. The molecule has 2 heterocycles. The third-order valence-electron chi connectivity index (χ3n) is 7.36. The molecule has 1 aromatic heterocycles. The molecule has 5 aromatic carbocycles. The summed E-state index contributed by atoms with van der Waals surface area (Å²) in [5.41, 5.74) is 10.6. The number of nitrogens with zero attached hydrogens (tertiary/aromatic N) is 5. The van der Waals surface area contributed by atoms with Crippen molar-refractivity contribution in [2.75, 3.05) is 11.4 Å². The second-order valence-electron chi connectivity index (χ2n) is 10.1. The van der Waals surface area contributed by atoms with Crippen LogP contribution in [-0.2, 0) is 0 Å². The topological polar surface area (TPSA) is 43.9 Å². The number of anilines is 3. The van der Waals surface area contributed by atoms with E-state index in [1.54, 1.807) is 0 Å². The van der Waals surface area contributed by atoms with Gasteiger partial charge in [-0.3, -0.25) is 4.98 Å². The zero-order valence-electron chi connectivity index (χ0n) is 23.0. The van der Waals surface area contributed by atoms with E-state index in [0.29, 0.717) is 6.54 Å². The zero-order valence-corrected chi connectivity index (χ0v) is 23.0. The van der Waals surface area contributed by atoms with Crippen molar-refractivity contribution in [1.82, 2.24) is 4.98 Å². The molecule has 0 saturated heterocycles. The molecule has 0 radical (unpaired) electrons. The van der Waals surface area contributed by atoms with Crippen LogP contribution in [0.3, 0.4) is 0 Å². The average Bonchev–Trinajstić information content (AvgIpc) is 3.58. The third kappa shape index (κ3) is 5.23. The molecule has 0 unspecified atom stereocenters. The van der Waals surface area contributed by atoms with Gasteiger partial charge in [-0.1, -0.05) is 78.9 Å². The van der Waals surface area contributed by atoms with Gasteiger partial charge in [0.2, 0.25) is 5.71 Å². The summed E-state index contributed by atoms with van der Waals surface area (Å²) in [5.74, 6) is 0. The van der Waals surface area contributed by atoms with Gasteiger partial charge in [0.15, 0.2) is 12.2 Å². The van der Waals surface area contributed by atoms with Crippen LogP contribution in [0.5, 0.6) is 0 Å². The highest BCUT2D eigenvalue weighted by Gasteiger charge is 2.24. The Labute approximate surface area is 245 Å². The van der Waals surface area contributed by atoms with Gasteiger partial charge in [0.05, 0.1) is 10.8 Å². The van der Waals surface area contributed by atoms with Crippen LogP contribution in [0.15, 0.2) is 168 Å². The predicted molar refractivity (Wildman–Crippen MR) is 170 cm³/mol. The Morgan fingerprint density at radius 2 is 1.17 bits per heavy atom. The van der Waals surface area contributed by atoms with Gasteiger partial charge in [-0.05, 0) is 83.9 Å². The molecule has 0 aliphatic carbocycles. The fraction of sp³-hybridized carbons (Fsp3) is 0.0270. The lowest BCUT2D eigenvalue weighted by Gasteiger charge is -2.26. The Hall–Kier alpha value is -5.68. The molecule has 0 atom stereocenters. The average molecular weight is 543 g/mol. The molecule has 5 nitrogen and oxygen atoms in total. The number of pyridine rings is 1. The Morgan fingerprint density at radius 3 is 1.95 bits per heavy atom. The molecule has 42 heavy (non-hydrogen) atoms. The van der Waals surface area contributed by atoms with Gasteiger partial charge in [-0.2, -0.15) is 0 Å². The van der Waals surface area contributed by atoms with E-state index in [1.165, 1.54) is 11.1 Å². The van der Waals surface area contributed by atoms with Crippen LogP contribution in [0.2, 0.25) is 0 Å². The van der Waals surface area contributed by atoms with E-state index >= 15 is 0 Å². The lowest BCUT2D eigenvalue weighted by molar-refractivity contribution is -0.492. The van der Waals surface area contributed by atoms with Crippen molar-refractivity contribution < 1.29 is 4.70 Å². The number of aromatic nitrogens is 1. The van der Waals surface area contributed by atoms with Crippen molar-refractivity contribution in [3.8, 4) is 22.4 Å². The maximum absolute atomic E-state index is 4.54. The van der Waals surface area contributed by atoms with Crippen LogP contribution < -0.4 is 4.90 Å². The highest BCUT2D eigenvalue weighted by molar-refractivity contribution is 6.02. The maximum Gasteiger partial charge on any atom is 0.231 e. The van der Waals surface area contributed by atoms with Crippen molar-refractivity contribution in [2.45, 2.75) is 0 Å². The van der Waals surface area contributed by atoms with Crippen LogP contribution in [0, 0.1) is 0 Å². The molecular weight excluding hydrogens is 514 g/mol. The quantitative estimate of drug-likeness (QED) is 0.189. The molecule has 200 valence electrons. The molecule has 0 amide bonds. The molecule has 1 aliphatic rings. The first-order chi connectivity index (χ1) is 20.8. The lowest BCUT2D eigenvalue weighted by atomic mass is 10.0. The monoisotopic (exact) mass is 542 g/mol. The predicted octanol–water partition coefficient (Wildman–Crippen LogP) is 9.40. The van der Waals surface area contributed by atoms with E-state index in [1.807, 2.05) is 47.3 Å². The summed E-state index contributed by atoms with van der Waals surface area (Å²) in [5, 5.41) is 9.02. The summed E-state index contributed by atoms with van der Waals surface area (Å²) in [7, 11) is 0. The number of hydrogen-bond acceptors (Lipinski definition) is 4. The smallest absolute Gasteiger partial charge is 0.231 e. The van der Waals surface area contributed by atoms with Crippen LogP contribution >= 0.6 is 0 Å². The highest BCUT2D eigenvalue weighted by atomic mass is 15.5. The van der Waals surface area contributed by atoms with E-state index < -0.39 is 0 Å². The Bertz CT molecular complexity index is 1880. The number of hydrogen-bond donors (Lipinski definition) is 0. The Balaban J connectivity index is 1.15. The number of rotatable bonds is 7.